The SMILES string of the molecule is CC1=C(C)C(c2cccs2)=CC(=N)C1=N.CN. The van der Waals surface area contributed by atoms with Crippen molar-refractivity contribution in [2.75, 3.05) is 7.05 Å². The first-order valence-electron chi connectivity index (χ1n) is 5.30. The minimum atomic E-state index is 0.307. The Labute approximate surface area is 106 Å². The standard InChI is InChI=1S/C12H12N2S.CH5N/c1-7-8(2)12(14)10(13)6-9(7)11-4-3-5-15-11;1-2/h3-6,13-14H,1-2H3;2H2,1H3. The van der Waals surface area contributed by atoms with Crippen LogP contribution in [0.3, 0.4) is 0 Å². The lowest BCUT2D eigenvalue weighted by molar-refractivity contribution is 1.36. The highest BCUT2D eigenvalue weighted by molar-refractivity contribution is 7.11. The van der Waals surface area contributed by atoms with Crippen LogP contribution in [0.1, 0.15) is 18.7 Å². The van der Waals surface area contributed by atoms with E-state index in [9.17, 15) is 0 Å². The number of nitrogens with two attached hydrogens (primary N) is 1. The van der Waals surface area contributed by atoms with Crippen molar-refractivity contribution >= 4 is 28.3 Å². The van der Waals surface area contributed by atoms with Gasteiger partial charge >= 0.3 is 0 Å². The maximum absolute atomic E-state index is 7.72. The van der Waals surface area contributed by atoms with Gasteiger partial charge in [-0.15, -0.1) is 11.3 Å². The Balaban J connectivity index is 0.000000686. The first-order valence-corrected chi connectivity index (χ1v) is 6.18. The van der Waals surface area contributed by atoms with E-state index in [4.69, 9.17) is 10.8 Å². The average molecular weight is 247 g/mol. The van der Waals surface area contributed by atoms with Gasteiger partial charge in [0.1, 0.15) is 0 Å². The zero-order valence-electron chi connectivity index (χ0n) is 10.3. The van der Waals surface area contributed by atoms with E-state index in [1.165, 1.54) is 11.9 Å². The molecule has 0 aromatic carbocycles. The summed E-state index contributed by atoms with van der Waals surface area (Å²) in [7, 11) is 1.50. The molecule has 1 aromatic heterocycles. The third-order valence-electron chi connectivity index (χ3n) is 2.69. The topological polar surface area (TPSA) is 73.7 Å². The molecule has 4 N–H and O–H groups in total. The van der Waals surface area contributed by atoms with E-state index in [1.807, 2.05) is 25.3 Å². The number of thiophene rings is 1. The summed E-state index contributed by atoms with van der Waals surface area (Å²) in [5.74, 6) is 0. The van der Waals surface area contributed by atoms with Gasteiger partial charge < -0.3 is 5.73 Å². The van der Waals surface area contributed by atoms with Crippen molar-refractivity contribution in [2.24, 2.45) is 5.73 Å². The van der Waals surface area contributed by atoms with E-state index >= 15 is 0 Å². The van der Waals surface area contributed by atoms with Crippen molar-refractivity contribution < 1.29 is 0 Å². The maximum Gasteiger partial charge on any atom is 0.0821 e. The Kier molecular flexibility index (Phi) is 4.54. The number of rotatable bonds is 1. The molecule has 0 saturated heterocycles. The van der Waals surface area contributed by atoms with Crippen LogP contribution in [0.25, 0.3) is 5.57 Å². The van der Waals surface area contributed by atoms with Gasteiger partial charge in [0.05, 0.1) is 11.4 Å². The smallest absolute Gasteiger partial charge is 0.0821 e. The number of allylic oxidation sites excluding steroid dienone is 4. The molecule has 4 heteroatoms. The second-order valence-corrected chi connectivity index (χ2v) is 4.52. The van der Waals surface area contributed by atoms with Crippen LogP contribution in [0.5, 0.6) is 0 Å². The molecule has 0 atom stereocenters. The van der Waals surface area contributed by atoms with E-state index in [2.05, 4.69) is 11.8 Å². The fraction of sp³-hybridized carbons (Fsp3) is 0.231. The predicted octanol–water partition coefficient (Wildman–Crippen LogP) is 3.10. The molecule has 1 aliphatic carbocycles. The van der Waals surface area contributed by atoms with Gasteiger partial charge in [-0.05, 0) is 55.1 Å². The Bertz CT molecular complexity index is 493. The van der Waals surface area contributed by atoms with Crippen molar-refractivity contribution in [1.29, 1.82) is 10.8 Å². The second-order valence-electron chi connectivity index (χ2n) is 3.57. The fourth-order valence-electron chi connectivity index (χ4n) is 1.60. The summed E-state index contributed by atoms with van der Waals surface area (Å²) in [5.41, 5.74) is 8.25. The lowest BCUT2D eigenvalue weighted by Gasteiger charge is -2.17. The molecule has 1 aromatic rings. The van der Waals surface area contributed by atoms with Crippen LogP contribution >= 0.6 is 11.3 Å². The van der Waals surface area contributed by atoms with Crippen molar-refractivity contribution in [3.05, 3.63) is 39.6 Å². The first kappa shape index (κ1) is 13.5. The molecular weight excluding hydrogens is 230 g/mol. The average Bonchev–Trinajstić information content (AvgIpc) is 2.87. The Morgan fingerprint density at radius 2 is 1.76 bits per heavy atom. The van der Waals surface area contributed by atoms with E-state index in [1.54, 1.807) is 17.4 Å². The van der Waals surface area contributed by atoms with E-state index in [-0.39, 0.29) is 0 Å². The molecule has 90 valence electrons. The van der Waals surface area contributed by atoms with Crippen LogP contribution in [0, 0.1) is 10.8 Å². The first-order chi connectivity index (χ1) is 8.11. The highest BCUT2D eigenvalue weighted by atomic mass is 32.1. The monoisotopic (exact) mass is 247 g/mol. The summed E-state index contributed by atoms with van der Waals surface area (Å²) in [6, 6.07) is 4.06. The lowest BCUT2D eigenvalue weighted by atomic mass is 9.89. The molecule has 1 aliphatic rings. The quantitative estimate of drug-likeness (QED) is 0.655. The van der Waals surface area contributed by atoms with Crippen molar-refractivity contribution in [2.45, 2.75) is 13.8 Å². The minimum Gasteiger partial charge on any atom is -0.333 e. The Morgan fingerprint density at radius 1 is 1.12 bits per heavy atom. The molecule has 0 unspecified atom stereocenters. The molecule has 3 nitrogen and oxygen atoms in total. The largest absolute Gasteiger partial charge is 0.333 e. The van der Waals surface area contributed by atoms with E-state index < -0.39 is 0 Å². The van der Waals surface area contributed by atoms with Crippen molar-refractivity contribution in [3.8, 4) is 0 Å². The maximum atomic E-state index is 7.72. The molecule has 0 bridgehead atoms. The molecule has 0 radical (unpaired) electrons. The molecular formula is C13H17N3S. The molecule has 2 rings (SSSR count). The molecule has 0 saturated carbocycles. The second kappa shape index (κ2) is 5.70. The molecule has 0 spiro atoms. The van der Waals surface area contributed by atoms with Gasteiger partial charge in [0.2, 0.25) is 0 Å². The van der Waals surface area contributed by atoms with Crippen LogP contribution in [0.15, 0.2) is 34.7 Å². The van der Waals surface area contributed by atoms with Crippen LogP contribution < -0.4 is 5.73 Å². The van der Waals surface area contributed by atoms with Crippen molar-refractivity contribution in [3.63, 3.8) is 0 Å². The minimum absolute atomic E-state index is 0.307. The third kappa shape index (κ3) is 2.60. The van der Waals surface area contributed by atoms with Crippen LogP contribution in [-0.4, -0.2) is 18.5 Å². The summed E-state index contributed by atoms with van der Waals surface area (Å²) in [6.45, 7) is 3.93. The number of nitrogens with one attached hydrogen (secondary N) is 2. The van der Waals surface area contributed by atoms with Gasteiger partial charge in [-0.2, -0.15) is 0 Å². The fourth-order valence-corrected chi connectivity index (χ4v) is 2.40. The van der Waals surface area contributed by atoms with Gasteiger partial charge in [-0.1, -0.05) is 6.07 Å². The summed E-state index contributed by atoms with van der Waals surface area (Å²) in [6.07, 6.45) is 1.79. The van der Waals surface area contributed by atoms with E-state index in [0.29, 0.717) is 11.4 Å². The Morgan fingerprint density at radius 3 is 2.29 bits per heavy atom. The third-order valence-corrected chi connectivity index (χ3v) is 3.59. The number of hydrogen-bond acceptors (Lipinski definition) is 4. The zero-order chi connectivity index (χ0) is 13.0. The van der Waals surface area contributed by atoms with Crippen LogP contribution in [0.2, 0.25) is 0 Å². The van der Waals surface area contributed by atoms with Crippen LogP contribution in [0.4, 0.5) is 0 Å². The van der Waals surface area contributed by atoms with E-state index in [0.717, 1.165) is 16.7 Å². The summed E-state index contributed by atoms with van der Waals surface area (Å²) in [4.78, 5) is 1.17. The Hall–Kier alpha value is -1.52. The molecule has 0 amide bonds. The normalized spacial score (nSPS) is 15.4. The predicted molar refractivity (Wildman–Crippen MR) is 76.2 cm³/mol. The highest BCUT2D eigenvalue weighted by Gasteiger charge is 2.18. The lowest BCUT2D eigenvalue weighted by Crippen LogP contribution is -2.17. The molecule has 1 heterocycles. The molecule has 0 fully saturated rings. The molecule has 0 aliphatic heterocycles. The summed E-state index contributed by atoms with van der Waals surface area (Å²) >= 11 is 1.67. The van der Waals surface area contributed by atoms with Crippen molar-refractivity contribution in [1.82, 2.24) is 0 Å². The summed E-state index contributed by atoms with van der Waals surface area (Å²) < 4.78 is 0. The van der Waals surface area contributed by atoms with Crippen LogP contribution in [-0.2, 0) is 0 Å². The van der Waals surface area contributed by atoms with Gasteiger partial charge in [0.25, 0.3) is 0 Å². The zero-order valence-corrected chi connectivity index (χ0v) is 11.1. The van der Waals surface area contributed by atoms with Gasteiger partial charge in [0, 0.05) is 4.88 Å². The van der Waals surface area contributed by atoms with Gasteiger partial charge in [-0.3, -0.25) is 10.8 Å². The van der Waals surface area contributed by atoms with Gasteiger partial charge in [-0.25, -0.2) is 0 Å². The summed E-state index contributed by atoms with van der Waals surface area (Å²) in [5, 5.41) is 17.5. The highest BCUT2D eigenvalue weighted by Crippen LogP contribution is 2.31. The van der Waals surface area contributed by atoms with Gasteiger partial charge in [0.15, 0.2) is 0 Å². The number of hydrogen-bond donors (Lipinski definition) is 3. The molecule has 17 heavy (non-hydrogen) atoms.